The molecule has 0 amide bonds. The highest BCUT2D eigenvalue weighted by Crippen LogP contribution is 2.32. The molecule has 0 unspecified atom stereocenters. The van der Waals surface area contributed by atoms with Gasteiger partial charge in [0.25, 0.3) is 10.0 Å². The molecule has 1 N–H and O–H groups in total. The predicted octanol–water partition coefficient (Wildman–Crippen LogP) is 6.03. The second-order valence-corrected chi connectivity index (χ2v) is 9.37. The summed E-state index contributed by atoms with van der Waals surface area (Å²) >= 11 is 0. The lowest BCUT2D eigenvalue weighted by molar-refractivity contribution is -0.137. The predicted molar refractivity (Wildman–Crippen MR) is 121 cm³/mol. The molecule has 0 atom stereocenters. The minimum atomic E-state index is -4.45. The van der Waals surface area contributed by atoms with Crippen LogP contribution in [-0.4, -0.2) is 26.0 Å². The molecule has 180 valence electrons. The van der Waals surface area contributed by atoms with Crippen molar-refractivity contribution in [3.05, 3.63) is 82.9 Å². The average Bonchev–Trinajstić information content (AvgIpc) is 2.76. The SMILES string of the molecule is CCN(c1ccc(Oc2ccc(C(F)(F)F)cc2)cc1)S(=O)(=O)c1cc(C)c(C)c(C(=O)O)c1. The fourth-order valence-corrected chi connectivity index (χ4v) is 4.93. The third kappa shape index (κ3) is 5.17. The second-order valence-electron chi connectivity index (χ2n) is 7.51. The van der Waals surface area contributed by atoms with E-state index in [1.807, 2.05) is 0 Å². The molecule has 10 heteroatoms. The average molecular weight is 494 g/mol. The minimum absolute atomic E-state index is 0.0801. The van der Waals surface area contributed by atoms with Gasteiger partial charge in [-0.25, -0.2) is 13.2 Å². The zero-order chi connectivity index (χ0) is 25.3. The molecule has 0 aromatic heterocycles. The van der Waals surface area contributed by atoms with E-state index >= 15 is 0 Å². The maximum Gasteiger partial charge on any atom is 0.416 e. The van der Waals surface area contributed by atoms with Crippen LogP contribution in [0, 0.1) is 13.8 Å². The van der Waals surface area contributed by atoms with E-state index in [1.165, 1.54) is 42.5 Å². The Bertz CT molecular complexity index is 1300. The van der Waals surface area contributed by atoms with Gasteiger partial charge in [-0.3, -0.25) is 4.31 Å². The summed E-state index contributed by atoms with van der Waals surface area (Å²) in [7, 11) is -4.07. The number of rotatable bonds is 7. The highest BCUT2D eigenvalue weighted by atomic mass is 32.2. The van der Waals surface area contributed by atoms with E-state index in [9.17, 15) is 31.5 Å². The van der Waals surface area contributed by atoms with Crippen molar-refractivity contribution < 1.29 is 36.2 Å². The third-order valence-electron chi connectivity index (χ3n) is 5.29. The summed E-state index contributed by atoms with van der Waals surface area (Å²) in [5, 5.41) is 9.42. The van der Waals surface area contributed by atoms with Crippen LogP contribution in [0.5, 0.6) is 11.5 Å². The van der Waals surface area contributed by atoms with Gasteiger partial charge in [0.2, 0.25) is 0 Å². The normalized spacial score (nSPS) is 11.8. The Balaban J connectivity index is 1.87. The first-order valence-electron chi connectivity index (χ1n) is 10.2. The van der Waals surface area contributed by atoms with Crippen LogP contribution < -0.4 is 9.04 Å². The lowest BCUT2D eigenvalue weighted by Gasteiger charge is -2.24. The molecule has 3 aromatic rings. The Labute approximate surface area is 195 Å². The molecule has 0 bridgehead atoms. The van der Waals surface area contributed by atoms with Crippen molar-refractivity contribution in [1.29, 1.82) is 0 Å². The van der Waals surface area contributed by atoms with Gasteiger partial charge in [0, 0.05) is 6.54 Å². The first-order valence-corrected chi connectivity index (χ1v) is 11.6. The number of aryl methyl sites for hydroxylation is 1. The number of carboxylic acids is 1. The number of nitrogens with zero attached hydrogens (tertiary/aromatic N) is 1. The lowest BCUT2D eigenvalue weighted by Crippen LogP contribution is -2.31. The Morgan fingerprint density at radius 1 is 0.971 bits per heavy atom. The number of carbonyl (C=O) groups is 1. The topological polar surface area (TPSA) is 83.9 Å². The van der Waals surface area contributed by atoms with E-state index in [1.54, 1.807) is 20.8 Å². The zero-order valence-electron chi connectivity index (χ0n) is 18.6. The summed E-state index contributed by atoms with van der Waals surface area (Å²) in [6.45, 7) is 4.98. The highest BCUT2D eigenvalue weighted by Gasteiger charge is 2.30. The molecular weight excluding hydrogens is 471 g/mol. The Morgan fingerprint density at radius 3 is 1.97 bits per heavy atom. The monoisotopic (exact) mass is 493 g/mol. The molecule has 0 heterocycles. The number of anilines is 1. The number of alkyl halides is 3. The van der Waals surface area contributed by atoms with E-state index in [0.717, 1.165) is 22.5 Å². The standard InChI is InChI=1S/C24H22F3NO5S/c1-4-28(34(31,32)21-13-15(2)16(3)22(14-21)23(29)30)18-7-11-20(12-8-18)33-19-9-5-17(6-10-19)24(25,26)27/h5-14H,4H2,1-3H3,(H,29,30). The van der Waals surface area contributed by atoms with Crippen molar-refractivity contribution >= 4 is 21.7 Å². The molecule has 6 nitrogen and oxygen atoms in total. The van der Waals surface area contributed by atoms with E-state index < -0.39 is 27.7 Å². The molecule has 34 heavy (non-hydrogen) atoms. The fourth-order valence-electron chi connectivity index (χ4n) is 3.34. The van der Waals surface area contributed by atoms with Crippen LogP contribution in [-0.2, 0) is 16.2 Å². The Morgan fingerprint density at radius 2 is 1.50 bits per heavy atom. The molecule has 0 saturated heterocycles. The summed E-state index contributed by atoms with van der Waals surface area (Å²) in [6, 6.07) is 12.8. The number of hydrogen-bond donors (Lipinski definition) is 1. The summed E-state index contributed by atoms with van der Waals surface area (Å²) in [5.41, 5.74) is 0.456. The first-order chi connectivity index (χ1) is 15.8. The van der Waals surface area contributed by atoms with Crippen LogP contribution in [0.3, 0.4) is 0 Å². The molecule has 0 radical (unpaired) electrons. The molecule has 0 aliphatic carbocycles. The number of sulfonamides is 1. The lowest BCUT2D eigenvalue weighted by atomic mass is 10.0. The van der Waals surface area contributed by atoms with Gasteiger partial charge in [-0.2, -0.15) is 13.2 Å². The minimum Gasteiger partial charge on any atom is -0.478 e. The van der Waals surface area contributed by atoms with Crippen molar-refractivity contribution in [3.8, 4) is 11.5 Å². The van der Waals surface area contributed by atoms with Gasteiger partial charge in [0.05, 0.1) is 21.7 Å². The molecule has 0 aliphatic heterocycles. The van der Waals surface area contributed by atoms with Crippen molar-refractivity contribution in [1.82, 2.24) is 0 Å². The van der Waals surface area contributed by atoms with Crippen molar-refractivity contribution in [2.75, 3.05) is 10.8 Å². The number of ether oxygens (including phenoxy) is 1. The van der Waals surface area contributed by atoms with Gasteiger partial charge < -0.3 is 9.84 Å². The number of hydrogen-bond acceptors (Lipinski definition) is 4. The van der Waals surface area contributed by atoms with Gasteiger partial charge in [-0.05, 0) is 92.6 Å². The summed E-state index contributed by atoms with van der Waals surface area (Å²) in [5.74, 6) is -0.723. The molecule has 3 aromatic carbocycles. The Kier molecular flexibility index (Phi) is 6.92. The number of benzene rings is 3. The van der Waals surface area contributed by atoms with Crippen molar-refractivity contribution in [2.24, 2.45) is 0 Å². The summed E-state index contributed by atoms with van der Waals surface area (Å²) in [4.78, 5) is 11.4. The molecule has 0 aliphatic rings. The van der Waals surface area contributed by atoms with Crippen LogP contribution in [0.25, 0.3) is 0 Å². The van der Waals surface area contributed by atoms with Gasteiger partial charge in [-0.1, -0.05) is 0 Å². The smallest absolute Gasteiger partial charge is 0.416 e. The van der Waals surface area contributed by atoms with Crippen LogP contribution >= 0.6 is 0 Å². The van der Waals surface area contributed by atoms with Crippen LogP contribution in [0.15, 0.2) is 65.6 Å². The quantitative estimate of drug-likeness (QED) is 0.435. The summed E-state index contributed by atoms with van der Waals surface area (Å²) in [6.07, 6.45) is -4.45. The van der Waals surface area contributed by atoms with E-state index in [2.05, 4.69) is 0 Å². The molecular formula is C24H22F3NO5S. The fraction of sp³-hybridized carbons (Fsp3) is 0.208. The van der Waals surface area contributed by atoms with Gasteiger partial charge >= 0.3 is 12.1 Å². The van der Waals surface area contributed by atoms with Crippen molar-refractivity contribution in [2.45, 2.75) is 31.8 Å². The first kappa shape index (κ1) is 25.1. The Hall–Kier alpha value is -3.53. The largest absolute Gasteiger partial charge is 0.478 e. The number of aromatic carboxylic acids is 1. The zero-order valence-corrected chi connectivity index (χ0v) is 19.4. The van der Waals surface area contributed by atoms with Crippen LogP contribution in [0.4, 0.5) is 18.9 Å². The van der Waals surface area contributed by atoms with Gasteiger partial charge in [-0.15, -0.1) is 0 Å². The number of halogens is 3. The van der Waals surface area contributed by atoms with E-state index in [-0.39, 0.29) is 22.8 Å². The maximum atomic E-state index is 13.3. The van der Waals surface area contributed by atoms with Gasteiger partial charge in [0.1, 0.15) is 11.5 Å². The number of carboxylic acid groups (broad SMARTS) is 1. The maximum absolute atomic E-state index is 13.3. The van der Waals surface area contributed by atoms with Crippen LogP contribution in [0.1, 0.15) is 34.0 Å². The second kappa shape index (κ2) is 9.38. The third-order valence-corrected chi connectivity index (χ3v) is 7.17. The van der Waals surface area contributed by atoms with Crippen LogP contribution in [0.2, 0.25) is 0 Å². The van der Waals surface area contributed by atoms with Crippen molar-refractivity contribution in [3.63, 3.8) is 0 Å². The summed E-state index contributed by atoms with van der Waals surface area (Å²) < 4.78 is 71.4. The van der Waals surface area contributed by atoms with E-state index in [0.29, 0.717) is 22.6 Å². The van der Waals surface area contributed by atoms with Gasteiger partial charge in [0.15, 0.2) is 0 Å². The molecule has 3 rings (SSSR count). The molecule has 0 fully saturated rings. The van der Waals surface area contributed by atoms with E-state index in [4.69, 9.17) is 4.74 Å². The molecule has 0 spiro atoms. The molecule has 0 saturated carbocycles. The highest BCUT2D eigenvalue weighted by molar-refractivity contribution is 7.92.